The molecule has 16 heavy (non-hydrogen) atoms. The van der Waals surface area contributed by atoms with Gasteiger partial charge in [-0.3, -0.25) is 0 Å². The molecular formula is C14H19NO. The molecule has 1 N–H and O–H groups in total. The van der Waals surface area contributed by atoms with E-state index in [2.05, 4.69) is 37.4 Å². The van der Waals surface area contributed by atoms with Crippen LogP contribution in [0.2, 0.25) is 0 Å². The van der Waals surface area contributed by atoms with Crippen LogP contribution >= 0.6 is 0 Å². The second kappa shape index (κ2) is 3.57. The van der Waals surface area contributed by atoms with Crippen LogP contribution in [0.3, 0.4) is 0 Å². The van der Waals surface area contributed by atoms with Crippen molar-refractivity contribution in [2.75, 3.05) is 13.2 Å². The molecule has 0 saturated carbocycles. The molecule has 0 radical (unpaired) electrons. The third kappa shape index (κ3) is 1.48. The van der Waals surface area contributed by atoms with Gasteiger partial charge in [0.05, 0.1) is 12.2 Å². The van der Waals surface area contributed by atoms with Crippen LogP contribution < -0.4 is 5.32 Å². The van der Waals surface area contributed by atoms with Crippen LogP contribution in [0.5, 0.6) is 0 Å². The van der Waals surface area contributed by atoms with Crippen molar-refractivity contribution in [3.8, 4) is 0 Å². The maximum atomic E-state index is 6.01. The molecule has 2 heterocycles. The molecule has 0 saturated heterocycles. The third-order valence-corrected chi connectivity index (χ3v) is 3.88. The Morgan fingerprint density at radius 2 is 2.25 bits per heavy atom. The monoisotopic (exact) mass is 217 g/mol. The van der Waals surface area contributed by atoms with Crippen molar-refractivity contribution in [1.82, 2.24) is 5.32 Å². The zero-order valence-corrected chi connectivity index (χ0v) is 10.0. The molecule has 2 nitrogen and oxygen atoms in total. The molecule has 0 spiro atoms. The van der Waals surface area contributed by atoms with Crippen LogP contribution in [0.15, 0.2) is 18.2 Å². The van der Waals surface area contributed by atoms with Gasteiger partial charge < -0.3 is 10.1 Å². The molecule has 1 unspecified atom stereocenters. The Bertz CT molecular complexity index is 411. The molecule has 1 aromatic rings. The summed E-state index contributed by atoms with van der Waals surface area (Å²) >= 11 is 0. The van der Waals surface area contributed by atoms with Crippen molar-refractivity contribution >= 4 is 0 Å². The Kier molecular flexibility index (Phi) is 2.30. The van der Waals surface area contributed by atoms with Gasteiger partial charge in [-0.1, -0.05) is 18.2 Å². The predicted molar refractivity (Wildman–Crippen MR) is 64.5 cm³/mol. The summed E-state index contributed by atoms with van der Waals surface area (Å²) in [6, 6.07) is 6.65. The fraction of sp³-hybridized carbons (Fsp3) is 0.571. The van der Waals surface area contributed by atoms with Gasteiger partial charge in [-0.05, 0) is 43.5 Å². The number of hydrogen-bond donors (Lipinski definition) is 1. The van der Waals surface area contributed by atoms with Gasteiger partial charge >= 0.3 is 0 Å². The Balaban J connectivity index is 2.19. The van der Waals surface area contributed by atoms with Gasteiger partial charge in [0.15, 0.2) is 0 Å². The largest absolute Gasteiger partial charge is 0.370 e. The van der Waals surface area contributed by atoms with Gasteiger partial charge in [0.25, 0.3) is 0 Å². The van der Waals surface area contributed by atoms with Crippen molar-refractivity contribution in [1.29, 1.82) is 0 Å². The second-order valence-corrected chi connectivity index (χ2v) is 5.36. The lowest BCUT2D eigenvalue weighted by Gasteiger charge is -2.37. The molecule has 0 bridgehead atoms. The first-order chi connectivity index (χ1) is 7.68. The van der Waals surface area contributed by atoms with E-state index in [0.29, 0.717) is 5.92 Å². The van der Waals surface area contributed by atoms with Gasteiger partial charge in [-0.15, -0.1) is 0 Å². The lowest BCUT2D eigenvalue weighted by Crippen LogP contribution is -2.32. The maximum absolute atomic E-state index is 6.01. The summed E-state index contributed by atoms with van der Waals surface area (Å²) in [6.45, 7) is 7.34. The molecule has 2 heteroatoms. The Labute approximate surface area is 97.0 Å². The molecule has 2 aliphatic heterocycles. The van der Waals surface area contributed by atoms with Gasteiger partial charge in [0, 0.05) is 12.5 Å². The normalized spacial score (nSPS) is 27.0. The summed E-state index contributed by atoms with van der Waals surface area (Å²) < 4.78 is 6.01. The predicted octanol–water partition coefficient (Wildman–Crippen LogP) is 2.53. The Morgan fingerprint density at radius 3 is 3.12 bits per heavy atom. The molecule has 0 fully saturated rings. The van der Waals surface area contributed by atoms with Gasteiger partial charge in [-0.2, -0.15) is 0 Å². The molecule has 1 aromatic carbocycles. The first-order valence-electron chi connectivity index (χ1n) is 6.15. The van der Waals surface area contributed by atoms with Crippen LogP contribution in [0.4, 0.5) is 0 Å². The third-order valence-electron chi connectivity index (χ3n) is 3.88. The highest BCUT2D eigenvalue weighted by Crippen LogP contribution is 2.41. The SMILES string of the molecule is CC1(C)OCC2CCNCc3cccc1c32. The number of benzene rings is 1. The van der Waals surface area contributed by atoms with Crippen molar-refractivity contribution in [3.63, 3.8) is 0 Å². The molecule has 1 atom stereocenters. The zero-order chi connectivity index (χ0) is 11.2. The summed E-state index contributed by atoms with van der Waals surface area (Å²) in [5.41, 5.74) is 4.30. The molecule has 2 aliphatic rings. The maximum Gasteiger partial charge on any atom is 0.0878 e. The number of ether oxygens (including phenoxy) is 1. The van der Waals surface area contributed by atoms with E-state index in [9.17, 15) is 0 Å². The quantitative estimate of drug-likeness (QED) is 0.721. The van der Waals surface area contributed by atoms with E-state index in [4.69, 9.17) is 4.74 Å². The summed E-state index contributed by atoms with van der Waals surface area (Å²) in [4.78, 5) is 0. The number of hydrogen-bond acceptors (Lipinski definition) is 2. The molecule has 0 aliphatic carbocycles. The van der Waals surface area contributed by atoms with Crippen LogP contribution in [-0.4, -0.2) is 13.2 Å². The Morgan fingerprint density at radius 1 is 1.38 bits per heavy atom. The first kappa shape index (κ1) is 10.3. The van der Waals surface area contributed by atoms with Crippen LogP contribution in [-0.2, 0) is 16.9 Å². The second-order valence-electron chi connectivity index (χ2n) is 5.36. The van der Waals surface area contributed by atoms with E-state index in [1.54, 1.807) is 5.56 Å². The van der Waals surface area contributed by atoms with Crippen molar-refractivity contribution in [2.45, 2.75) is 38.3 Å². The highest BCUT2D eigenvalue weighted by Gasteiger charge is 2.35. The smallest absolute Gasteiger partial charge is 0.0878 e. The summed E-state index contributed by atoms with van der Waals surface area (Å²) in [7, 11) is 0. The molecule has 0 aromatic heterocycles. The molecule has 3 rings (SSSR count). The highest BCUT2D eigenvalue weighted by atomic mass is 16.5. The minimum Gasteiger partial charge on any atom is -0.370 e. The van der Waals surface area contributed by atoms with Crippen LogP contribution in [0, 0.1) is 0 Å². The van der Waals surface area contributed by atoms with Crippen LogP contribution in [0.1, 0.15) is 42.9 Å². The highest BCUT2D eigenvalue weighted by molar-refractivity contribution is 5.43. The van der Waals surface area contributed by atoms with E-state index in [0.717, 1.165) is 19.7 Å². The fourth-order valence-electron chi connectivity index (χ4n) is 2.97. The van der Waals surface area contributed by atoms with E-state index in [1.165, 1.54) is 17.5 Å². The summed E-state index contributed by atoms with van der Waals surface area (Å²) in [5, 5.41) is 3.49. The van der Waals surface area contributed by atoms with Crippen molar-refractivity contribution < 1.29 is 4.74 Å². The first-order valence-corrected chi connectivity index (χ1v) is 6.15. The zero-order valence-electron chi connectivity index (χ0n) is 10.0. The fourth-order valence-corrected chi connectivity index (χ4v) is 2.97. The van der Waals surface area contributed by atoms with Gasteiger partial charge in [-0.25, -0.2) is 0 Å². The molecule has 0 amide bonds. The summed E-state index contributed by atoms with van der Waals surface area (Å²) in [5.74, 6) is 0.592. The average molecular weight is 217 g/mol. The Hall–Kier alpha value is -0.860. The van der Waals surface area contributed by atoms with E-state index >= 15 is 0 Å². The standard InChI is InChI=1S/C14H19NO/c1-14(2)12-5-3-4-10-8-15-7-6-11(9-16-14)13(10)12/h3-5,11,15H,6-9H2,1-2H3. The summed E-state index contributed by atoms with van der Waals surface area (Å²) in [6.07, 6.45) is 1.19. The van der Waals surface area contributed by atoms with E-state index in [-0.39, 0.29) is 5.60 Å². The van der Waals surface area contributed by atoms with Gasteiger partial charge in [0.1, 0.15) is 0 Å². The minimum absolute atomic E-state index is 0.119. The van der Waals surface area contributed by atoms with E-state index < -0.39 is 0 Å². The molecular weight excluding hydrogens is 198 g/mol. The topological polar surface area (TPSA) is 21.3 Å². The molecule has 86 valence electrons. The minimum atomic E-state index is -0.119. The van der Waals surface area contributed by atoms with Crippen LogP contribution in [0.25, 0.3) is 0 Å². The average Bonchev–Trinajstić information content (AvgIpc) is 2.47. The van der Waals surface area contributed by atoms with Gasteiger partial charge in [0.2, 0.25) is 0 Å². The number of nitrogens with one attached hydrogen (secondary N) is 1. The lowest BCUT2D eigenvalue weighted by atomic mass is 9.80. The van der Waals surface area contributed by atoms with E-state index in [1.807, 2.05) is 0 Å². The number of rotatable bonds is 0. The van der Waals surface area contributed by atoms with Crippen molar-refractivity contribution in [2.24, 2.45) is 0 Å². The van der Waals surface area contributed by atoms with Crippen molar-refractivity contribution in [3.05, 3.63) is 34.9 Å². The lowest BCUT2D eigenvalue weighted by molar-refractivity contribution is -0.0435.